The Balaban J connectivity index is 1.77. The first-order valence-corrected chi connectivity index (χ1v) is 9.77. The quantitative estimate of drug-likeness (QED) is 0.850. The highest BCUT2D eigenvalue weighted by Crippen LogP contribution is 2.26. The van der Waals surface area contributed by atoms with E-state index in [9.17, 15) is 9.59 Å². The Kier molecular flexibility index (Phi) is 5.53. The van der Waals surface area contributed by atoms with Gasteiger partial charge in [-0.15, -0.1) is 0 Å². The molecule has 0 radical (unpaired) electrons. The summed E-state index contributed by atoms with van der Waals surface area (Å²) < 4.78 is 2.05. The number of hydrogen-bond acceptors (Lipinski definition) is 3. The van der Waals surface area contributed by atoms with Crippen LogP contribution in [0.1, 0.15) is 46.0 Å². The molecule has 0 unspecified atom stereocenters. The third kappa shape index (κ3) is 3.99. The normalized spacial score (nSPS) is 18.7. The molecule has 1 fully saturated rings. The molecule has 6 heteroatoms. The van der Waals surface area contributed by atoms with Crippen LogP contribution in [-0.4, -0.2) is 39.4 Å². The van der Waals surface area contributed by atoms with Crippen LogP contribution in [0, 0.1) is 17.8 Å². The third-order valence-electron chi connectivity index (χ3n) is 5.24. The molecule has 0 saturated carbocycles. The van der Waals surface area contributed by atoms with Gasteiger partial charge in [-0.3, -0.25) is 9.59 Å². The minimum Gasteiger partial charge on any atom is -0.346 e. The Labute approximate surface area is 160 Å². The van der Waals surface area contributed by atoms with E-state index in [1.54, 1.807) is 0 Å². The number of aromatic nitrogens is 2. The summed E-state index contributed by atoms with van der Waals surface area (Å²) in [5.41, 5.74) is 1.97. The molecule has 1 aliphatic rings. The monoisotopic (exact) mass is 370 g/mol. The van der Waals surface area contributed by atoms with Crippen LogP contribution in [0.4, 0.5) is 0 Å². The maximum absolute atomic E-state index is 12.9. The van der Waals surface area contributed by atoms with Gasteiger partial charge in [-0.1, -0.05) is 39.8 Å². The number of carbonyl (C=O) groups is 2. The second kappa shape index (κ2) is 7.71. The highest BCUT2D eigenvalue weighted by Gasteiger charge is 2.36. The molecule has 27 heavy (non-hydrogen) atoms. The van der Waals surface area contributed by atoms with Crippen molar-refractivity contribution in [3.8, 4) is 0 Å². The van der Waals surface area contributed by atoms with Gasteiger partial charge < -0.3 is 14.8 Å². The fourth-order valence-electron chi connectivity index (χ4n) is 3.81. The molecule has 6 nitrogen and oxygen atoms in total. The molecule has 0 spiro atoms. The minimum atomic E-state index is -0.285. The number of benzene rings is 1. The first kappa shape index (κ1) is 19.4. The lowest BCUT2D eigenvalue weighted by atomic mass is 10.0. The summed E-state index contributed by atoms with van der Waals surface area (Å²) in [5.74, 6) is 1.18. The number of hydrogen-bond donors (Lipinski definition) is 1. The van der Waals surface area contributed by atoms with Crippen molar-refractivity contribution >= 4 is 22.8 Å². The van der Waals surface area contributed by atoms with E-state index in [0.29, 0.717) is 25.4 Å². The van der Waals surface area contributed by atoms with Crippen LogP contribution in [0.15, 0.2) is 24.3 Å². The Morgan fingerprint density at radius 1 is 1.26 bits per heavy atom. The van der Waals surface area contributed by atoms with E-state index in [1.807, 2.05) is 40.8 Å². The first-order chi connectivity index (χ1) is 12.8. The Bertz CT molecular complexity index is 840. The van der Waals surface area contributed by atoms with Crippen LogP contribution in [0.3, 0.4) is 0 Å². The standard InChI is InChI=1S/C21H30N4O2/c1-13(2)11-25-12-15(10-18(25)26)21(27)23-19(14(3)4)20-22-16-8-6-7-9-17(16)24(20)5/h6-9,13-15,19H,10-12H2,1-5H3,(H,23,27)/t15-,19-/m1/s1. The lowest BCUT2D eigenvalue weighted by Crippen LogP contribution is -2.38. The van der Waals surface area contributed by atoms with Gasteiger partial charge in [0.05, 0.1) is 23.0 Å². The maximum Gasteiger partial charge on any atom is 0.226 e. The van der Waals surface area contributed by atoms with Crippen molar-refractivity contribution in [3.05, 3.63) is 30.1 Å². The van der Waals surface area contributed by atoms with Gasteiger partial charge >= 0.3 is 0 Å². The van der Waals surface area contributed by atoms with E-state index >= 15 is 0 Å². The van der Waals surface area contributed by atoms with Gasteiger partial charge in [0.1, 0.15) is 5.82 Å². The fraction of sp³-hybridized carbons (Fsp3) is 0.571. The molecule has 1 N–H and O–H groups in total. The van der Waals surface area contributed by atoms with Crippen LogP contribution in [0.25, 0.3) is 11.0 Å². The summed E-state index contributed by atoms with van der Waals surface area (Å²) in [6, 6.07) is 7.78. The molecule has 1 aromatic heterocycles. The number of likely N-dealkylation sites (tertiary alicyclic amines) is 1. The number of nitrogens with zero attached hydrogens (tertiary/aromatic N) is 3. The van der Waals surface area contributed by atoms with Crippen molar-refractivity contribution in [1.29, 1.82) is 0 Å². The number of imidazole rings is 1. The van der Waals surface area contributed by atoms with Gasteiger partial charge in [-0.05, 0) is 24.0 Å². The second-order valence-electron chi connectivity index (χ2n) is 8.34. The van der Waals surface area contributed by atoms with Gasteiger partial charge in [0, 0.05) is 26.6 Å². The Hall–Kier alpha value is -2.37. The molecule has 0 bridgehead atoms. The van der Waals surface area contributed by atoms with E-state index in [1.165, 1.54) is 0 Å². The number of amides is 2. The minimum absolute atomic E-state index is 0.0552. The Morgan fingerprint density at radius 3 is 2.59 bits per heavy atom. The lowest BCUT2D eigenvalue weighted by molar-refractivity contribution is -0.129. The molecule has 1 aliphatic heterocycles. The molecule has 146 valence electrons. The summed E-state index contributed by atoms with van der Waals surface area (Å²) in [4.78, 5) is 31.7. The van der Waals surface area contributed by atoms with E-state index < -0.39 is 0 Å². The van der Waals surface area contributed by atoms with Gasteiger partial charge in [0.15, 0.2) is 0 Å². The van der Waals surface area contributed by atoms with Gasteiger partial charge in [0.25, 0.3) is 0 Å². The van der Waals surface area contributed by atoms with Crippen LogP contribution in [-0.2, 0) is 16.6 Å². The first-order valence-electron chi connectivity index (χ1n) is 9.77. The van der Waals surface area contributed by atoms with Crippen molar-refractivity contribution in [3.63, 3.8) is 0 Å². The van der Waals surface area contributed by atoms with Crippen molar-refractivity contribution in [2.75, 3.05) is 13.1 Å². The lowest BCUT2D eigenvalue weighted by Gasteiger charge is -2.24. The number of carbonyl (C=O) groups excluding carboxylic acids is 2. The van der Waals surface area contributed by atoms with Crippen molar-refractivity contribution in [2.24, 2.45) is 24.8 Å². The van der Waals surface area contributed by atoms with Crippen molar-refractivity contribution in [2.45, 2.75) is 40.2 Å². The average Bonchev–Trinajstić information content (AvgIpc) is 3.13. The zero-order valence-corrected chi connectivity index (χ0v) is 16.9. The van der Waals surface area contributed by atoms with E-state index in [-0.39, 0.29) is 29.7 Å². The van der Waals surface area contributed by atoms with E-state index in [4.69, 9.17) is 4.98 Å². The van der Waals surface area contributed by atoms with Crippen LogP contribution in [0.5, 0.6) is 0 Å². The Morgan fingerprint density at radius 2 is 1.96 bits per heavy atom. The molecule has 2 amide bonds. The largest absolute Gasteiger partial charge is 0.346 e. The molecular weight excluding hydrogens is 340 g/mol. The molecule has 2 aromatic rings. The van der Waals surface area contributed by atoms with Gasteiger partial charge in [-0.2, -0.15) is 0 Å². The molecule has 0 aliphatic carbocycles. The second-order valence-corrected chi connectivity index (χ2v) is 8.34. The highest BCUT2D eigenvalue weighted by molar-refractivity contribution is 5.89. The van der Waals surface area contributed by atoms with Crippen molar-refractivity contribution < 1.29 is 9.59 Å². The number of para-hydroxylation sites is 2. The predicted molar refractivity (Wildman–Crippen MR) is 106 cm³/mol. The predicted octanol–water partition coefficient (Wildman–Crippen LogP) is 2.89. The summed E-state index contributed by atoms with van der Waals surface area (Å²) >= 11 is 0. The van der Waals surface area contributed by atoms with Crippen LogP contribution in [0.2, 0.25) is 0 Å². The smallest absolute Gasteiger partial charge is 0.226 e. The molecular formula is C21H30N4O2. The highest BCUT2D eigenvalue weighted by atomic mass is 16.2. The summed E-state index contributed by atoms with van der Waals surface area (Å²) in [6.45, 7) is 9.55. The number of aryl methyl sites for hydroxylation is 1. The van der Waals surface area contributed by atoms with Crippen LogP contribution < -0.4 is 5.32 Å². The zero-order valence-electron chi connectivity index (χ0n) is 16.9. The molecule has 2 heterocycles. The summed E-state index contributed by atoms with van der Waals surface area (Å²) in [5, 5.41) is 3.17. The average molecular weight is 370 g/mol. The molecule has 2 atom stereocenters. The van der Waals surface area contributed by atoms with E-state index in [0.717, 1.165) is 16.9 Å². The van der Waals surface area contributed by atoms with Gasteiger partial charge in [-0.25, -0.2) is 4.98 Å². The number of rotatable bonds is 6. The van der Waals surface area contributed by atoms with Crippen LogP contribution >= 0.6 is 0 Å². The summed E-state index contributed by atoms with van der Waals surface area (Å²) in [7, 11) is 1.98. The maximum atomic E-state index is 12.9. The van der Waals surface area contributed by atoms with Crippen molar-refractivity contribution in [1.82, 2.24) is 19.8 Å². The number of nitrogens with one attached hydrogen (secondary N) is 1. The topological polar surface area (TPSA) is 67.2 Å². The number of fused-ring (bicyclic) bond motifs is 1. The fourth-order valence-corrected chi connectivity index (χ4v) is 3.81. The summed E-state index contributed by atoms with van der Waals surface area (Å²) in [6.07, 6.45) is 0.298. The van der Waals surface area contributed by atoms with Gasteiger partial charge in [0.2, 0.25) is 11.8 Å². The van der Waals surface area contributed by atoms with E-state index in [2.05, 4.69) is 33.0 Å². The SMILES string of the molecule is CC(C)CN1C[C@H](C(=O)N[C@@H](c2nc3ccccc3n2C)C(C)C)CC1=O. The molecule has 3 rings (SSSR count). The zero-order chi connectivity index (χ0) is 19.7. The third-order valence-corrected chi connectivity index (χ3v) is 5.24. The molecule has 1 saturated heterocycles. The molecule has 1 aromatic carbocycles.